The maximum absolute atomic E-state index is 13.8. The molecule has 6 nitrogen and oxygen atoms in total. The van der Waals surface area contributed by atoms with Gasteiger partial charge < -0.3 is 9.47 Å². The van der Waals surface area contributed by atoms with Gasteiger partial charge in [-0.25, -0.2) is 4.98 Å². The molecule has 1 atom stereocenters. The van der Waals surface area contributed by atoms with Crippen LogP contribution in [0.4, 0.5) is 0 Å². The molecule has 0 spiro atoms. The molecule has 3 aromatic rings. The molecular weight excluding hydrogens is 400 g/mol. The van der Waals surface area contributed by atoms with Crippen molar-refractivity contribution in [1.82, 2.24) is 19.4 Å². The molecule has 2 fully saturated rings. The van der Waals surface area contributed by atoms with Gasteiger partial charge in [-0.15, -0.1) is 0 Å². The van der Waals surface area contributed by atoms with Crippen molar-refractivity contribution in [2.24, 2.45) is 0 Å². The van der Waals surface area contributed by atoms with Crippen LogP contribution in [0.3, 0.4) is 0 Å². The van der Waals surface area contributed by atoms with Gasteiger partial charge in [0.25, 0.3) is 5.91 Å². The Labute approximate surface area is 188 Å². The molecule has 0 radical (unpaired) electrons. The molecule has 0 bridgehead atoms. The van der Waals surface area contributed by atoms with Crippen LogP contribution in [0.5, 0.6) is 0 Å². The number of aromatic nitrogens is 2. The van der Waals surface area contributed by atoms with Crippen molar-refractivity contribution >= 4 is 16.9 Å². The van der Waals surface area contributed by atoms with Gasteiger partial charge in [0, 0.05) is 50.2 Å². The van der Waals surface area contributed by atoms with Gasteiger partial charge >= 0.3 is 0 Å². The summed E-state index contributed by atoms with van der Waals surface area (Å²) in [5.74, 6) is -0.156. The number of carbonyl (C=O) groups is 1. The van der Waals surface area contributed by atoms with Crippen molar-refractivity contribution in [3.63, 3.8) is 0 Å². The van der Waals surface area contributed by atoms with Crippen LogP contribution in [0.2, 0.25) is 0 Å². The molecule has 0 N–H and O–H groups in total. The van der Waals surface area contributed by atoms with E-state index in [0.29, 0.717) is 30.2 Å². The van der Waals surface area contributed by atoms with Crippen LogP contribution in [0.25, 0.3) is 11.0 Å². The molecular formula is C26H30N4O2. The number of piperazine rings is 1. The van der Waals surface area contributed by atoms with Gasteiger partial charge in [0.15, 0.2) is 0 Å². The summed E-state index contributed by atoms with van der Waals surface area (Å²) in [5, 5.41) is 0.513. The number of pyridine rings is 2. The lowest BCUT2D eigenvalue weighted by molar-refractivity contribution is 0.0435. The minimum atomic E-state index is -0.217. The summed E-state index contributed by atoms with van der Waals surface area (Å²) in [7, 11) is 0. The number of hydrogen-bond donors (Lipinski definition) is 0. The van der Waals surface area contributed by atoms with E-state index < -0.39 is 0 Å². The van der Waals surface area contributed by atoms with E-state index in [9.17, 15) is 9.59 Å². The van der Waals surface area contributed by atoms with E-state index in [-0.39, 0.29) is 22.9 Å². The number of aryl methyl sites for hydroxylation is 2. The fourth-order valence-corrected chi connectivity index (χ4v) is 4.89. The summed E-state index contributed by atoms with van der Waals surface area (Å²) < 4.78 is 1.92. The Morgan fingerprint density at radius 3 is 2.59 bits per heavy atom. The van der Waals surface area contributed by atoms with E-state index in [4.69, 9.17) is 0 Å². The minimum absolute atomic E-state index is 0.0561. The highest BCUT2D eigenvalue weighted by Gasteiger charge is 2.38. The summed E-state index contributed by atoms with van der Waals surface area (Å²) in [5.41, 5.74) is 2.76. The van der Waals surface area contributed by atoms with E-state index in [2.05, 4.69) is 22.0 Å². The van der Waals surface area contributed by atoms with Gasteiger partial charge in [0.2, 0.25) is 5.43 Å². The van der Waals surface area contributed by atoms with Gasteiger partial charge in [-0.2, -0.15) is 0 Å². The van der Waals surface area contributed by atoms with Crippen molar-refractivity contribution in [3.05, 3.63) is 75.7 Å². The number of nitrogens with zero attached hydrogens (tertiary/aromatic N) is 4. The highest BCUT2D eigenvalue weighted by molar-refractivity contribution is 5.97. The van der Waals surface area contributed by atoms with Crippen LogP contribution in [-0.4, -0.2) is 57.0 Å². The topological polar surface area (TPSA) is 58.4 Å². The van der Waals surface area contributed by atoms with Crippen LogP contribution in [-0.2, 0) is 13.0 Å². The van der Waals surface area contributed by atoms with Gasteiger partial charge in [-0.1, -0.05) is 30.3 Å². The molecule has 3 heterocycles. The molecule has 1 amide bonds. The molecule has 6 heteroatoms. The van der Waals surface area contributed by atoms with Crippen LogP contribution in [0, 0.1) is 6.92 Å². The lowest BCUT2D eigenvalue weighted by atomic mass is 10.0. The predicted molar refractivity (Wildman–Crippen MR) is 126 cm³/mol. The second-order valence-electron chi connectivity index (χ2n) is 9.05. The molecule has 2 aliphatic rings. The fourth-order valence-electron chi connectivity index (χ4n) is 4.89. The lowest BCUT2D eigenvalue weighted by Gasteiger charge is -2.42. The molecule has 1 aromatic carbocycles. The highest BCUT2D eigenvalue weighted by atomic mass is 16.2. The largest absolute Gasteiger partial charge is 0.333 e. The molecule has 32 heavy (non-hydrogen) atoms. The third-order valence-electron chi connectivity index (χ3n) is 6.78. The Morgan fingerprint density at radius 2 is 1.88 bits per heavy atom. The zero-order chi connectivity index (χ0) is 22.2. The Morgan fingerprint density at radius 1 is 1.09 bits per heavy atom. The molecule has 1 aliphatic heterocycles. The average Bonchev–Trinajstić information content (AvgIpc) is 3.65. The first-order valence-corrected chi connectivity index (χ1v) is 11.6. The lowest BCUT2D eigenvalue weighted by Crippen LogP contribution is -2.57. The Bertz CT molecular complexity index is 1200. The molecule has 1 unspecified atom stereocenters. The molecule has 1 saturated heterocycles. The van der Waals surface area contributed by atoms with Crippen molar-refractivity contribution in [2.75, 3.05) is 19.6 Å². The summed E-state index contributed by atoms with van der Waals surface area (Å²) in [4.78, 5) is 36.1. The summed E-state index contributed by atoms with van der Waals surface area (Å²) in [6, 6.07) is 14.7. The number of fused-ring (bicyclic) bond motifs is 1. The van der Waals surface area contributed by atoms with E-state index in [1.54, 1.807) is 12.3 Å². The second kappa shape index (κ2) is 8.51. The van der Waals surface area contributed by atoms with Crippen molar-refractivity contribution in [1.29, 1.82) is 0 Å². The smallest absolute Gasteiger partial charge is 0.259 e. The maximum atomic E-state index is 13.8. The number of benzene rings is 1. The third-order valence-corrected chi connectivity index (χ3v) is 6.78. The van der Waals surface area contributed by atoms with Crippen LogP contribution < -0.4 is 5.43 Å². The summed E-state index contributed by atoms with van der Waals surface area (Å²) >= 11 is 0. The van der Waals surface area contributed by atoms with E-state index in [1.807, 2.05) is 47.6 Å². The fraction of sp³-hybridized carbons (Fsp3) is 0.423. The standard InChI is InChI=1S/C26H30N4O2/c1-3-28-17-23(24(31)22-12-9-18(2)27-25(22)28)26(32)30-14-13-29(20-10-11-20)16-21(30)15-19-7-5-4-6-8-19/h4-9,12,17,20-21H,3,10-11,13-16H2,1-2H3. The van der Waals surface area contributed by atoms with Crippen molar-refractivity contribution in [3.8, 4) is 0 Å². The minimum Gasteiger partial charge on any atom is -0.333 e. The van der Waals surface area contributed by atoms with E-state index in [0.717, 1.165) is 25.2 Å². The van der Waals surface area contributed by atoms with E-state index >= 15 is 0 Å². The second-order valence-corrected chi connectivity index (χ2v) is 9.05. The Hall–Kier alpha value is -2.99. The van der Waals surface area contributed by atoms with Gasteiger partial charge in [0.05, 0.1) is 5.39 Å². The van der Waals surface area contributed by atoms with Gasteiger partial charge in [-0.3, -0.25) is 14.5 Å². The van der Waals surface area contributed by atoms with Crippen LogP contribution in [0.1, 0.15) is 41.4 Å². The van der Waals surface area contributed by atoms with Gasteiger partial charge in [0.1, 0.15) is 11.2 Å². The monoisotopic (exact) mass is 430 g/mol. The van der Waals surface area contributed by atoms with E-state index in [1.165, 1.54) is 18.4 Å². The Balaban J connectivity index is 1.51. The molecule has 5 rings (SSSR count). The average molecular weight is 431 g/mol. The first-order valence-electron chi connectivity index (χ1n) is 11.6. The zero-order valence-electron chi connectivity index (χ0n) is 18.8. The first-order chi connectivity index (χ1) is 15.5. The van der Waals surface area contributed by atoms with Gasteiger partial charge in [-0.05, 0) is 50.8 Å². The molecule has 1 aliphatic carbocycles. The predicted octanol–water partition coefficient (Wildman–Crippen LogP) is 3.26. The summed E-state index contributed by atoms with van der Waals surface area (Å²) in [6.45, 7) is 6.96. The normalized spacial score (nSPS) is 19.4. The number of amides is 1. The third kappa shape index (κ3) is 3.95. The number of hydrogen-bond acceptors (Lipinski definition) is 4. The summed E-state index contributed by atoms with van der Waals surface area (Å²) in [6.07, 6.45) is 5.02. The highest BCUT2D eigenvalue weighted by Crippen LogP contribution is 2.30. The molecule has 166 valence electrons. The van der Waals surface area contributed by atoms with Crippen LogP contribution in [0.15, 0.2) is 53.5 Å². The first kappa shape index (κ1) is 20.9. The quantitative estimate of drug-likeness (QED) is 0.624. The zero-order valence-corrected chi connectivity index (χ0v) is 18.8. The Kier molecular flexibility index (Phi) is 5.55. The number of rotatable bonds is 5. The van der Waals surface area contributed by atoms with Crippen LogP contribution >= 0.6 is 0 Å². The van der Waals surface area contributed by atoms with Crippen molar-refractivity contribution in [2.45, 2.75) is 51.7 Å². The maximum Gasteiger partial charge on any atom is 0.259 e. The molecule has 1 saturated carbocycles. The number of carbonyl (C=O) groups excluding carboxylic acids is 1. The SMILES string of the molecule is CCn1cc(C(=O)N2CCN(C3CC3)CC2Cc2ccccc2)c(=O)c2ccc(C)nc21. The molecule has 2 aromatic heterocycles. The van der Waals surface area contributed by atoms with Crippen molar-refractivity contribution < 1.29 is 4.79 Å².